The molecule has 0 spiro atoms. The van der Waals surface area contributed by atoms with E-state index in [-0.39, 0.29) is 0 Å². The molecule has 1 heterocycles. The molecule has 0 aliphatic carbocycles. The van der Waals surface area contributed by atoms with Gasteiger partial charge in [-0.1, -0.05) is 13.8 Å². The van der Waals surface area contributed by atoms with Crippen molar-refractivity contribution in [3.8, 4) is 0 Å². The molecule has 0 radical (unpaired) electrons. The maximum Gasteiger partial charge on any atom is 0.203 e. The molecule has 0 fully saturated rings. The largest absolute Gasteiger partial charge is 0.215 e. The first-order valence-electron chi connectivity index (χ1n) is 3.16. The third kappa shape index (κ3) is 2.49. The predicted octanol–water partition coefficient (Wildman–Crippen LogP) is 2.34. The zero-order valence-corrected chi connectivity index (χ0v) is 8.94. The Labute approximate surface area is 78.4 Å². The summed E-state index contributed by atoms with van der Waals surface area (Å²) in [7, 11) is 0. The van der Waals surface area contributed by atoms with Crippen molar-refractivity contribution in [3.05, 3.63) is 8.84 Å². The third-order valence-electron chi connectivity index (χ3n) is 1.03. The molecule has 4 heteroatoms. The lowest BCUT2D eigenvalue weighted by atomic mass is 10.1. The van der Waals surface area contributed by atoms with Crippen LogP contribution in [0.3, 0.4) is 0 Å². The zero-order valence-electron chi connectivity index (χ0n) is 5.97. The van der Waals surface area contributed by atoms with E-state index in [0.29, 0.717) is 5.92 Å². The summed E-state index contributed by atoms with van der Waals surface area (Å²) in [5.74, 6) is 0.684. The van der Waals surface area contributed by atoms with Gasteiger partial charge in [-0.05, 0) is 17.5 Å². The lowest BCUT2D eigenvalue weighted by Crippen LogP contribution is -1.92. The molecule has 0 aromatic carbocycles. The summed E-state index contributed by atoms with van der Waals surface area (Å²) in [6, 6.07) is 0. The molecule has 0 N–H and O–H groups in total. The van der Waals surface area contributed by atoms with Crippen LogP contribution >= 0.6 is 34.1 Å². The second-order valence-electron chi connectivity index (χ2n) is 2.56. The fraction of sp³-hybridized carbons (Fsp3) is 0.667. The van der Waals surface area contributed by atoms with Gasteiger partial charge in [0.1, 0.15) is 5.01 Å². The van der Waals surface area contributed by atoms with Gasteiger partial charge in [-0.3, -0.25) is 0 Å². The van der Waals surface area contributed by atoms with Crippen LogP contribution in [-0.2, 0) is 6.42 Å². The SMILES string of the molecule is CC(C)Cc1nc(I)ns1. The molecule has 10 heavy (non-hydrogen) atoms. The Balaban J connectivity index is 2.58. The number of nitrogens with zero attached hydrogens (tertiary/aromatic N) is 2. The first kappa shape index (κ1) is 8.39. The van der Waals surface area contributed by atoms with Gasteiger partial charge in [0.15, 0.2) is 0 Å². The number of aromatic nitrogens is 2. The smallest absolute Gasteiger partial charge is 0.203 e. The molecule has 0 saturated carbocycles. The summed E-state index contributed by atoms with van der Waals surface area (Å²) >= 11 is 3.64. The Morgan fingerprint density at radius 3 is 2.70 bits per heavy atom. The van der Waals surface area contributed by atoms with Gasteiger partial charge in [-0.25, -0.2) is 4.98 Å². The lowest BCUT2D eigenvalue weighted by molar-refractivity contribution is 0.644. The van der Waals surface area contributed by atoms with Crippen molar-refractivity contribution in [2.75, 3.05) is 0 Å². The number of hydrogen-bond donors (Lipinski definition) is 0. The van der Waals surface area contributed by atoms with Gasteiger partial charge in [0, 0.05) is 29.0 Å². The fourth-order valence-electron chi connectivity index (χ4n) is 0.666. The van der Waals surface area contributed by atoms with Crippen LogP contribution in [-0.4, -0.2) is 9.36 Å². The lowest BCUT2D eigenvalue weighted by Gasteiger charge is -1.96. The molecule has 2 nitrogen and oxygen atoms in total. The van der Waals surface area contributed by atoms with E-state index < -0.39 is 0 Å². The highest BCUT2D eigenvalue weighted by Crippen LogP contribution is 2.11. The minimum Gasteiger partial charge on any atom is -0.215 e. The van der Waals surface area contributed by atoms with Crippen LogP contribution in [0.5, 0.6) is 0 Å². The Kier molecular flexibility index (Phi) is 3.03. The molecule has 56 valence electrons. The summed E-state index contributed by atoms with van der Waals surface area (Å²) in [4.78, 5) is 4.24. The van der Waals surface area contributed by atoms with Crippen molar-refractivity contribution in [1.82, 2.24) is 9.36 Å². The van der Waals surface area contributed by atoms with E-state index in [1.54, 1.807) is 0 Å². The summed E-state index contributed by atoms with van der Waals surface area (Å²) < 4.78 is 4.96. The van der Waals surface area contributed by atoms with Crippen molar-refractivity contribution < 1.29 is 0 Å². The summed E-state index contributed by atoms with van der Waals surface area (Å²) in [6.45, 7) is 4.38. The topological polar surface area (TPSA) is 25.8 Å². The fourth-order valence-corrected chi connectivity index (χ4v) is 2.17. The second kappa shape index (κ2) is 3.61. The number of halogens is 1. The highest BCUT2D eigenvalue weighted by Gasteiger charge is 2.02. The first-order valence-corrected chi connectivity index (χ1v) is 5.02. The Morgan fingerprint density at radius 2 is 2.30 bits per heavy atom. The van der Waals surface area contributed by atoms with Gasteiger partial charge in [0.2, 0.25) is 3.83 Å². The summed E-state index contributed by atoms with van der Waals surface area (Å²) in [6.07, 6.45) is 1.06. The molecule has 0 aliphatic heterocycles. The molecule has 0 unspecified atom stereocenters. The minimum atomic E-state index is 0.684. The molecule has 0 amide bonds. The molecule has 0 saturated heterocycles. The zero-order chi connectivity index (χ0) is 7.56. The van der Waals surface area contributed by atoms with Crippen molar-refractivity contribution in [1.29, 1.82) is 0 Å². The summed E-state index contributed by atoms with van der Waals surface area (Å²) in [5.41, 5.74) is 0. The third-order valence-corrected chi connectivity index (χ3v) is 2.57. The van der Waals surface area contributed by atoms with E-state index in [4.69, 9.17) is 0 Å². The van der Waals surface area contributed by atoms with Gasteiger partial charge in [0.25, 0.3) is 0 Å². The van der Waals surface area contributed by atoms with Crippen LogP contribution in [0.2, 0.25) is 0 Å². The van der Waals surface area contributed by atoms with E-state index in [1.807, 2.05) is 0 Å². The minimum absolute atomic E-state index is 0.684. The second-order valence-corrected chi connectivity index (χ2v) is 4.36. The van der Waals surface area contributed by atoms with E-state index in [2.05, 4.69) is 45.8 Å². The quantitative estimate of drug-likeness (QED) is 0.769. The van der Waals surface area contributed by atoms with E-state index in [1.165, 1.54) is 11.5 Å². The van der Waals surface area contributed by atoms with Crippen LogP contribution in [0, 0.1) is 9.75 Å². The molecule has 1 aromatic rings. The standard InChI is InChI=1S/C6H9IN2S/c1-4(2)3-5-8-6(7)9-10-5/h4H,3H2,1-2H3. The highest BCUT2D eigenvalue weighted by molar-refractivity contribution is 14.1. The molecular weight excluding hydrogens is 259 g/mol. The maximum atomic E-state index is 4.24. The van der Waals surface area contributed by atoms with Crippen molar-refractivity contribution in [3.63, 3.8) is 0 Å². The van der Waals surface area contributed by atoms with Gasteiger partial charge in [0.05, 0.1) is 0 Å². The van der Waals surface area contributed by atoms with E-state index in [0.717, 1.165) is 15.3 Å². The summed E-state index contributed by atoms with van der Waals surface area (Å²) in [5, 5.41) is 1.15. The molecule has 1 aromatic heterocycles. The van der Waals surface area contributed by atoms with Crippen LogP contribution in [0.4, 0.5) is 0 Å². The average Bonchev–Trinajstić information content (AvgIpc) is 2.13. The van der Waals surface area contributed by atoms with Crippen molar-refractivity contribution in [2.45, 2.75) is 20.3 Å². The first-order chi connectivity index (χ1) is 4.68. The van der Waals surface area contributed by atoms with Crippen LogP contribution in [0.25, 0.3) is 0 Å². The van der Waals surface area contributed by atoms with Gasteiger partial charge in [-0.2, -0.15) is 4.37 Å². The Morgan fingerprint density at radius 1 is 1.60 bits per heavy atom. The van der Waals surface area contributed by atoms with Crippen molar-refractivity contribution >= 4 is 34.1 Å². The Hall–Kier alpha value is 0.290. The van der Waals surface area contributed by atoms with Gasteiger partial charge >= 0.3 is 0 Å². The molecule has 0 aliphatic rings. The normalized spacial score (nSPS) is 10.8. The van der Waals surface area contributed by atoms with Crippen LogP contribution < -0.4 is 0 Å². The molecule has 1 rings (SSSR count). The maximum absolute atomic E-state index is 4.24. The Bertz CT molecular complexity index is 209. The van der Waals surface area contributed by atoms with E-state index >= 15 is 0 Å². The highest BCUT2D eigenvalue weighted by atomic mass is 127. The molecule has 0 bridgehead atoms. The number of hydrogen-bond acceptors (Lipinski definition) is 3. The predicted molar refractivity (Wildman–Crippen MR) is 51.2 cm³/mol. The van der Waals surface area contributed by atoms with Crippen LogP contribution in [0.15, 0.2) is 0 Å². The molecule has 0 atom stereocenters. The molecular formula is C6H9IN2S. The van der Waals surface area contributed by atoms with E-state index in [9.17, 15) is 0 Å². The van der Waals surface area contributed by atoms with Crippen LogP contribution in [0.1, 0.15) is 18.9 Å². The van der Waals surface area contributed by atoms with Gasteiger partial charge < -0.3 is 0 Å². The van der Waals surface area contributed by atoms with Crippen molar-refractivity contribution in [2.24, 2.45) is 5.92 Å². The van der Waals surface area contributed by atoms with Gasteiger partial charge in [-0.15, -0.1) is 0 Å². The number of rotatable bonds is 2. The monoisotopic (exact) mass is 268 g/mol. The average molecular weight is 268 g/mol.